The Hall–Kier alpha value is 2.56. The molecule has 0 fully saturated rings. The van der Waals surface area contributed by atoms with Crippen molar-refractivity contribution in [1.82, 2.24) is 9.82 Å². The van der Waals surface area contributed by atoms with Crippen molar-refractivity contribution in [2.45, 2.75) is 0 Å². The van der Waals surface area contributed by atoms with Gasteiger partial charge in [0.1, 0.15) is 0 Å². The molecule has 0 aromatic carbocycles. The Morgan fingerprint density at radius 2 is 0.857 bits per heavy atom. The molecular formula is C2H6I6N6. The van der Waals surface area contributed by atoms with Gasteiger partial charge in [0, 0.05) is 0 Å². The van der Waals surface area contributed by atoms with Crippen LogP contribution in [0.2, 0.25) is 0 Å². The Balaban J connectivity index is -0.0000000163. The first kappa shape index (κ1) is 43.9. The Labute approximate surface area is 183 Å². The van der Waals surface area contributed by atoms with E-state index in [1.54, 1.807) is 0 Å². The zero-order valence-corrected chi connectivity index (χ0v) is 19.6. The van der Waals surface area contributed by atoms with Gasteiger partial charge in [-0.15, -0.1) is 48.0 Å². The smallest absolute Gasteiger partial charge is 0.516 e. The lowest BCUT2D eigenvalue weighted by atomic mass is 10.8. The molecule has 0 saturated carbocycles. The summed E-state index contributed by atoms with van der Waals surface area (Å²) in [7, 11) is 0. The highest BCUT2D eigenvalue weighted by Gasteiger charge is 1.81. The van der Waals surface area contributed by atoms with E-state index in [0.717, 1.165) is 12.4 Å². The molecule has 0 amide bonds. The van der Waals surface area contributed by atoms with Crippen molar-refractivity contribution >= 4 is 60.4 Å². The van der Waals surface area contributed by atoms with Crippen molar-refractivity contribution in [3.63, 3.8) is 0 Å². The minimum Gasteiger partial charge on any atom is -1.00 e. The van der Waals surface area contributed by atoms with Crippen LogP contribution in [-0.2, 0) is 0 Å². The largest absolute Gasteiger partial charge is 1.00 e. The van der Waals surface area contributed by atoms with Crippen LogP contribution in [0.25, 0.3) is 0 Å². The summed E-state index contributed by atoms with van der Waals surface area (Å²) in [6, 6.07) is 0. The number of nitrogens with one attached hydrogen (secondary N) is 2. The number of halogens is 6. The van der Waals surface area contributed by atoms with E-state index in [-0.39, 0.29) is 144 Å². The van der Waals surface area contributed by atoms with E-state index < -0.39 is 0 Å². The zero-order chi connectivity index (χ0) is 6.24. The molecule has 14 heavy (non-hydrogen) atoms. The Morgan fingerprint density at radius 3 is 1.00 bits per heavy atom. The monoisotopic (exact) mass is 875 g/mol. The van der Waals surface area contributed by atoms with Gasteiger partial charge in [0.05, 0.1) is 0 Å². The van der Waals surface area contributed by atoms with Gasteiger partial charge in [0.15, 0.2) is 9.58 Å². The van der Waals surface area contributed by atoms with Gasteiger partial charge < -0.3 is 95.9 Å². The lowest BCUT2D eigenvalue weighted by Crippen LogP contribution is -3.00. The molecule has 86 valence electrons. The van der Waals surface area contributed by atoms with E-state index in [4.69, 9.17) is 11.1 Å². The second kappa shape index (κ2) is 45.0. The van der Waals surface area contributed by atoms with Gasteiger partial charge in [0.25, 0.3) is 0 Å². The Bertz CT molecular complexity index is 203. The van der Waals surface area contributed by atoms with E-state index in [1.165, 1.54) is 0 Å². The minimum absolute atomic E-state index is 0. The highest BCUT2D eigenvalue weighted by Crippen LogP contribution is 1.18. The van der Waals surface area contributed by atoms with Crippen LogP contribution >= 0.6 is 48.0 Å². The summed E-state index contributed by atoms with van der Waals surface area (Å²) in [6.45, 7) is 0. The lowest BCUT2D eigenvalue weighted by molar-refractivity contribution is -0.113. The molecule has 0 aromatic rings. The van der Waals surface area contributed by atoms with Crippen LogP contribution in [0.15, 0.2) is 0 Å². The lowest BCUT2D eigenvalue weighted by Gasteiger charge is -1.16. The van der Waals surface area contributed by atoms with Gasteiger partial charge in [-0.25, -0.2) is 0 Å². The first-order valence-corrected chi connectivity index (χ1v) is 1.70. The molecule has 0 spiro atoms. The predicted molar refractivity (Wildman–Crippen MR) is 53.2 cm³/mol. The third kappa shape index (κ3) is 46.8. The summed E-state index contributed by atoms with van der Waals surface area (Å²) < 4.78 is 0. The fourth-order valence-corrected chi connectivity index (χ4v) is 0.126. The summed E-state index contributed by atoms with van der Waals surface area (Å²) >= 11 is 0. The second-order valence-electron chi connectivity index (χ2n) is 0.729. The first-order chi connectivity index (χ1) is 3.91. The van der Waals surface area contributed by atoms with Gasteiger partial charge in [0.2, 0.25) is 0 Å². The van der Waals surface area contributed by atoms with Gasteiger partial charge in [-0.1, -0.05) is 0 Å². The predicted octanol–water partition coefficient (Wildman–Crippen LogP) is -12.1. The van der Waals surface area contributed by atoms with E-state index in [9.17, 15) is 0 Å². The second-order valence-corrected chi connectivity index (χ2v) is 0.729. The van der Waals surface area contributed by atoms with E-state index in [2.05, 4.69) is 19.4 Å². The van der Waals surface area contributed by atoms with Crippen molar-refractivity contribution in [3.05, 3.63) is 0 Å². The topological polar surface area (TPSA) is 104 Å². The normalized spacial score (nSPS) is 2.57. The van der Waals surface area contributed by atoms with Crippen LogP contribution in [0.4, 0.5) is 0 Å². The average Bonchev–Trinajstić information content (AvgIpc) is 1.81. The molecule has 2 N–H and O–H groups in total. The molecule has 0 rings (SSSR count). The van der Waals surface area contributed by atoms with Crippen molar-refractivity contribution in [2.24, 2.45) is 0 Å². The highest BCUT2D eigenvalue weighted by atomic mass is 127. The first-order valence-electron chi connectivity index (χ1n) is 1.70. The molecule has 0 aliphatic heterocycles. The molecule has 0 unspecified atom stereocenters. The molecule has 0 aliphatic carbocycles. The van der Waals surface area contributed by atoms with Gasteiger partial charge >= 0.3 is 33.3 Å². The van der Waals surface area contributed by atoms with Gasteiger partial charge in [-0.05, 0) is 0 Å². The Kier molecular flexibility index (Phi) is 141. The Morgan fingerprint density at radius 1 is 0.643 bits per heavy atom. The number of hydrogen-bond acceptors (Lipinski definition) is 2. The number of hydrogen-bond donors (Lipinski definition) is 2. The van der Waals surface area contributed by atoms with E-state index >= 15 is 0 Å². The van der Waals surface area contributed by atoms with Crippen LogP contribution in [0.3, 0.4) is 0 Å². The van der Waals surface area contributed by atoms with Crippen molar-refractivity contribution in [2.75, 3.05) is 0 Å². The molecule has 6 nitrogen and oxygen atoms in total. The van der Waals surface area contributed by atoms with Gasteiger partial charge in [-0.2, -0.15) is 0 Å². The molecule has 0 atom stereocenters. The van der Waals surface area contributed by atoms with Crippen LogP contribution in [0.1, 0.15) is 0 Å². The van der Waals surface area contributed by atoms with Crippen LogP contribution < -0.4 is 106 Å². The maximum atomic E-state index is 6.13. The molecule has 0 saturated heterocycles. The van der Waals surface area contributed by atoms with Crippen molar-refractivity contribution in [3.8, 4) is 0 Å². The quantitative estimate of drug-likeness (QED) is 0.113. The molecule has 0 radical (unpaired) electrons. The van der Waals surface area contributed by atoms with Crippen molar-refractivity contribution < 1.29 is 105 Å². The summed E-state index contributed by atoms with van der Waals surface area (Å²) in [4.78, 5) is 11.4. The van der Waals surface area contributed by atoms with Crippen LogP contribution in [-0.4, -0.2) is 22.0 Å². The average molecular weight is 876 g/mol. The van der Waals surface area contributed by atoms with E-state index in [1.807, 2.05) is 0 Å². The minimum atomic E-state index is 0. The van der Waals surface area contributed by atoms with Crippen LogP contribution in [0, 0.1) is 11.1 Å². The number of nitrogens with zero attached hydrogens (tertiary/aromatic N) is 4. The summed E-state index contributed by atoms with van der Waals surface area (Å²) in [5.41, 5.74) is 12.3. The summed E-state index contributed by atoms with van der Waals surface area (Å²) in [6.07, 6.45) is 2.32. The molecule has 0 aromatic heterocycles. The zero-order valence-electron chi connectivity index (χ0n) is 6.27. The number of rotatable bonds is 1. The highest BCUT2D eigenvalue weighted by molar-refractivity contribution is 14.0. The summed E-state index contributed by atoms with van der Waals surface area (Å²) in [5, 5.41) is 0. The molecule has 0 heterocycles. The maximum Gasteiger partial charge on any atom is 0.516 e. The van der Waals surface area contributed by atoms with E-state index in [0.29, 0.717) is 0 Å². The fourth-order valence-electron chi connectivity index (χ4n) is 0.126. The third-order valence-corrected chi connectivity index (χ3v) is 0.315. The van der Waals surface area contributed by atoms with Crippen molar-refractivity contribution in [1.29, 1.82) is 11.1 Å². The molecule has 0 aliphatic rings. The fraction of sp³-hybridized carbons (Fsp3) is 0. The van der Waals surface area contributed by atoms with Crippen LogP contribution in [0.5, 0.6) is 0 Å². The van der Waals surface area contributed by atoms with Gasteiger partial charge in [-0.3, -0.25) is 0 Å². The summed E-state index contributed by atoms with van der Waals surface area (Å²) in [5.74, 6) is 0. The third-order valence-electron chi connectivity index (χ3n) is 0.315. The molecule has 12 heteroatoms. The standard InChI is InChI=1S/C2H4N6.6HI/c3-7-5-1-2-6-8-4;;;;;;/h1-4H;6*1H/q+4;;;;;;/p-4. The maximum absolute atomic E-state index is 6.13. The SMILES string of the molecule is I.I.N=[N+]=[N+]=CC=[N+]=[N+]=N.[I-].[I-].[I-].[I-]. The molecular weight excluding hydrogens is 869 g/mol. The molecule has 0 bridgehead atoms.